The number of nitrogens with two attached hydrogens (primary N) is 1. The first kappa shape index (κ1) is 13.2. The van der Waals surface area contributed by atoms with Crippen LogP contribution in [0.3, 0.4) is 0 Å². The zero-order chi connectivity index (χ0) is 14.8. The lowest BCUT2D eigenvalue weighted by Crippen LogP contribution is -2.01. The third kappa shape index (κ3) is 2.48. The minimum absolute atomic E-state index is 0.607. The lowest BCUT2D eigenvalue weighted by molar-refractivity contribution is 0.412. The van der Waals surface area contributed by atoms with Gasteiger partial charge in [-0.2, -0.15) is 5.10 Å². The lowest BCUT2D eigenvalue weighted by Gasteiger charge is -2.06. The number of aryl methyl sites for hydroxylation is 1. The van der Waals surface area contributed by atoms with Crippen molar-refractivity contribution in [2.75, 3.05) is 12.8 Å². The van der Waals surface area contributed by atoms with Gasteiger partial charge in [0.05, 0.1) is 18.5 Å². The Bertz CT molecular complexity index is 763. The van der Waals surface area contributed by atoms with Crippen LogP contribution in [-0.4, -0.2) is 16.9 Å². The Morgan fingerprint density at radius 3 is 2.52 bits per heavy atom. The van der Waals surface area contributed by atoms with E-state index in [1.54, 1.807) is 11.8 Å². The number of methoxy groups -OCH3 is 1. The van der Waals surface area contributed by atoms with Crippen LogP contribution in [0.2, 0.25) is 0 Å². The van der Waals surface area contributed by atoms with Crippen molar-refractivity contribution in [3.63, 3.8) is 0 Å². The van der Waals surface area contributed by atoms with Crippen molar-refractivity contribution in [1.82, 2.24) is 9.78 Å². The Hall–Kier alpha value is -2.75. The molecule has 3 aromatic rings. The van der Waals surface area contributed by atoms with Crippen LogP contribution in [0, 0.1) is 6.92 Å². The Labute approximate surface area is 123 Å². The molecular formula is C17H17N3O. The van der Waals surface area contributed by atoms with Crippen molar-refractivity contribution >= 4 is 5.82 Å². The molecular weight excluding hydrogens is 262 g/mol. The van der Waals surface area contributed by atoms with Gasteiger partial charge in [-0.25, -0.2) is 4.68 Å². The maximum absolute atomic E-state index is 6.08. The van der Waals surface area contributed by atoms with Gasteiger partial charge in [-0.3, -0.25) is 0 Å². The van der Waals surface area contributed by atoms with Gasteiger partial charge in [0, 0.05) is 11.6 Å². The average molecular weight is 279 g/mol. The van der Waals surface area contributed by atoms with Crippen molar-refractivity contribution in [3.05, 3.63) is 60.2 Å². The third-order valence-corrected chi connectivity index (χ3v) is 3.44. The number of hydrogen-bond acceptors (Lipinski definition) is 3. The van der Waals surface area contributed by atoms with Crippen molar-refractivity contribution in [2.45, 2.75) is 6.92 Å². The highest BCUT2D eigenvalue weighted by Crippen LogP contribution is 2.28. The molecule has 0 amide bonds. The van der Waals surface area contributed by atoms with Crippen LogP contribution in [0.1, 0.15) is 5.56 Å². The first-order valence-corrected chi connectivity index (χ1v) is 6.75. The van der Waals surface area contributed by atoms with Crippen LogP contribution in [-0.2, 0) is 0 Å². The monoisotopic (exact) mass is 279 g/mol. The molecule has 2 N–H and O–H groups in total. The summed E-state index contributed by atoms with van der Waals surface area (Å²) < 4.78 is 7.10. The van der Waals surface area contributed by atoms with Gasteiger partial charge >= 0.3 is 0 Å². The van der Waals surface area contributed by atoms with Crippen LogP contribution in [0.25, 0.3) is 16.9 Å². The van der Waals surface area contributed by atoms with Crippen LogP contribution in [0.15, 0.2) is 54.6 Å². The van der Waals surface area contributed by atoms with E-state index in [9.17, 15) is 0 Å². The van der Waals surface area contributed by atoms with E-state index in [4.69, 9.17) is 10.5 Å². The number of ether oxygens (including phenoxy) is 1. The number of para-hydroxylation sites is 1. The molecule has 0 radical (unpaired) electrons. The molecule has 3 rings (SSSR count). The van der Waals surface area contributed by atoms with E-state index in [0.717, 1.165) is 28.3 Å². The molecule has 21 heavy (non-hydrogen) atoms. The van der Waals surface area contributed by atoms with Gasteiger partial charge in [0.25, 0.3) is 0 Å². The molecule has 0 atom stereocenters. The second kappa shape index (κ2) is 5.32. The summed E-state index contributed by atoms with van der Waals surface area (Å²) in [6, 6.07) is 17.7. The molecule has 1 heterocycles. The molecule has 2 aromatic carbocycles. The van der Waals surface area contributed by atoms with Crippen LogP contribution in [0.5, 0.6) is 5.75 Å². The largest absolute Gasteiger partial charge is 0.496 e. The normalized spacial score (nSPS) is 10.6. The number of rotatable bonds is 3. The average Bonchev–Trinajstić information content (AvgIpc) is 2.90. The van der Waals surface area contributed by atoms with Crippen molar-refractivity contribution < 1.29 is 4.74 Å². The lowest BCUT2D eigenvalue weighted by atomic mass is 10.1. The van der Waals surface area contributed by atoms with E-state index in [1.165, 1.54) is 0 Å². The molecule has 0 saturated heterocycles. The zero-order valence-corrected chi connectivity index (χ0v) is 12.1. The molecule has 0 spiro atoms. The topological polar surface area (TPSA) is 53.1 Å². The fraction of sp³-hybridized carbons (Fsp3) is 0.118. The number of benzene rings is 2. The first-order valence-electron chi connectivity index (χ1n) is 6.75. The Morgan fingerprint density at radius 2 is 1.81 bits per heavy atom. The van der Waals surface area contributed by atoms with Gasteiger partial charge in [-0.1, -0.05) is 30.3 Å². The first-order chi connectivity index (χ1) is 10.2. The summed E-state index contributed by atoms with van der Waals surface area (Å²) in [7, 11) is 1.67. The maximum atomic E-state index is 6.08. The summed E-state index contributed by atoms with van der Waals surface area (Å²) in [5.74, 6) is 1.45. The number of nitrogen functional groups attached to an aromatic ring is 1. The molecule has 0 saturated carbocycles. The molecule has 106 valence electrons. The Kier molecular flexibility index (Phi) is 3.36. The fourth-order valence-corrected chi connectivity index (χ4v) is 2.29. The van der Waals surface area contributed by atoms with Crippen molar-refractivity contribution in [1.29, 1.82) is 0 Å². The predicted octanol–water partition coefficient (Wildman–Crippen LogP) is 3.44. The molecule has 0 aliphatic heterocycles. The number of nitrogens with zero attached hydrogens (tertiary/aromatic N) is 2. The SMILES string of the molecule is COc1cc(-c2cc(N)n(-c3ccccc3)n2)ccc1C. The summed E-state index contributed by atoms with van der Waals surface area (Å²) in [6.45, 7) is 2.01. The van der Waals surface area contributed by atoms with Gasteiger partial charge < -0.3 is 10.5 Å². The van der Waals surface area contributed by atoms with Gasteiger partial charge in [0.15, 0.2) is 0 Å². The number of anilines is 1. The maximum Gasteiger partial charge on any atom is 0.127 e. The van der Waals surface area contributed by atoms with E-state index in [0.29, 0.717) is 5.82 Å². The molecule has 1 aromatic heterocycles. The van der Waals surface area contributed by atoms with Crippen LogP contribution in [0.4, 0.5) is 5.82 Å². The van der Waals surface area contributed by atoms with E-state index in [1.807, 2.05) is 61.5 Å². The van der Waals surface area contributed by atoms with Crippen molar-refractivity contribution in [2.24, 2.45) is 0 Å². The van der Waals surface area contributed by atoms with Crippen LogP contribution >= 0.6 is 0 Å². The second-order valence-electron chi connectivity index (χ2n) is 4.89. The summed E-state index contributed by atoms with van der Waals surface area (Å²) in [5.41, 5.74) is 9.93. The highest BCUT2D eigenvalue weighted by atomic mass is 16.5. The van der Waals surface area contributed by atoms with Gasteiger partial charge in [0.2, 0.25) is 0 Å². The quantitative estimate of drug-likeness (QED) is 0.799. The fourth-order valence-electron chi connectivity index (χ4n) is 2.29. The van der Waals surface area contributed by atoms with E-state index < -0.39 is 0 Å². The Morgan fingerprint density at radius 1 is 1.05 bits per heavy atom. The molecule has 0 unspecified atom stereocenters. The van der Waals surface area contributed by atoms with Gasteiger partial charge in [0.1, 0.15) is 11.6 Å². The van der Waals surface area contributed by atoms with E-state index in [-0.39, 0.29) is 0 Å². The predicted molar refractivity (Wildman–Crippen MR) is 84.7 cm³/mol. The smallest absolute Gasteiger partial charge is 0.127 e. The standard InChI is InChI=1S/C17H17N3O/c1-12-8-9-13(10-16(12)21-2)15-11-17(18)20(19-15)14-6-4-3-5-7-14/h3-11H,18H2,1-2H3. The number of hydrogen-bond donors (Lipinski definition) is 1. The van der Waals surface area contributed by atoms with Gasteiger partial charge in [-0.15, -0.1) is 0 Å². The molecule has 4 nitrogen and oxygen atoms in total. The molecule has 0 fully saturated rings. The Balaban J connectivity index is 2.05. The minimum atomic E-state index is 0.607. The molecule has 4 heteroatoms. The van der Waals surface area contributed by atoms with E-state index >= 15 is 0 Å². The summed E-state index contributed by atoms with van der Waals surface area (Å²) in [5, 5.41) is 4.59. The summed E-state index contributed by atoms with van der Waals surface area (Å²) in [4.78, 5) is 0. The number of aromatic nitrogens is 2. The van der Waals surface area contributed by atoms with Crippen molar-refractivity contribution in [3.8, 4) is 22.7 Å². The van der Waals surface area contributed by atoms with Crippen LogP contribution < -0.4 is 10.5 Å². The van der Waals surface area contributed by atoms with Gasteiger partial charge in [-0.05, 0) is 30.7 Å². The molecule has 0 bridgehead atoms. The summed E-state index contributed by atoms with van der Waals surface area (Å²) in [6.07, 6.45) is 0. The third-order valence-electron chi connectivity index (χ3n) is 3.44. The highest BCUT2D eigenvalue weighted by molar-refractivity contribution is 5.66. The highest BCUT2D eigenvalue weighted by Gasteiger charge is 2.10. The molecule has 0 aliphatic carbocycles. The molecule has 0 aliphatic rings. The second-order valence-corrected chi connectivity index (χ2v) is 4.89. The van der Waals surface area contributed by atoms with E-state index in [2.05, 4.69) is 5.10 Å². The minimum Gasteiger partial charge on any atom is -0.496 e. The zero-order valence-electron chi connectivity index (χ0n) is 12.1. The summed E-state index contributed by atoms with van der Waals surface area (Å²) >= 11 is 0.